The van der Waals surface area contributed by atoms with Crippen molar-refractivity contribution >= 4 is 85.4 Å². The van der Waals surface area contributed by atoms with Crippen molar-refractivity contribution in [1.82, 2.24) is 10.3 Å². The Morgan fingerprint density at radius 2 is 1.76 bits per heavy atom. The van der Waals surface area contributed by atoms with Gasteiger partial charge in [0.1, 0.15) is 5.76 Å². The first-order valence-electron chi connectivity index (χ1n) is 12.4. The SMILES string of the molecule is Cc1cccc(N=C2NC(=O)/C(=C/c3ccc(Sc4nc5ccc(N6C(=O)c7ccccc7C6=O)cc5s4)o3)S2)c1. The number of aryl methyl sites for hydroxylation is 1. The molecule has 7 rings (SSSR count). The fourth-order valence-corrected chi connectivity index (χ4v) is 7.30. The van der Waals surface area contributed by atoms with Crippen molar-refractivity contribution in [3.8, 4) is 0 Å². The highest BCUT2D eigenvalue weighted by Gasteiger charge is 2.36. The van der Waals surface area contributed by atoms with Crippen LogP contribution in [-0.2, 0) is 4.79 Å². The van der Waals surface area contributed by atoms with E-state index in [0.717, 1.165) is 25.8 Å². The maximum absolute atomic E-state index is 12.9. The van der Waals surface area contributed by atoms with Crippen LogP contribution in [0.5, 0.6) is 0 Å². The Balaban J connectivity index is 1.07. The van der Waals surface area contributed by atoms with Crippen molar-refractivity contribution in [2.45, 2.75) is 16.4 Å². The summed E-state index contributed by atoms with van der Waals surface area (Å²) in [5.41, 5.74) is 3.95. The van der Waals surface area contributed by atoms with Crippen LogP contribution >= 0.6 is 34.9 Å². The first-order valence-corrected chi connectivity index (χ1v) is 14.9. The van der Waals surface area contributed by atoms with Gasteiger partial charge >= 0.3 is 0 Å². The minimum Gasteiger partial charge on any atom is -0.450 e. The topological polar surface area (TPSA) is 105 Å². The normalized spacial score (nSPS) is 16.8. The van der Waals surface area contributed by atoms with E-state index in [1.165, 1.54) is 39.8 Å². The molecule has 3 amide bonds. The fraction of sp³-hybridized carbons (Fsp3) is 0.0333. The number of rotatable bonds is 5. The summed E-state index contributed by atoms with van der Waals surface area (Å²) in [6.07, 6.45) is 1.69. The Hall–Kier alpha value is -4.45. The molecule has 1 N–H and O–H groups in total. The quantitative estimate of drug-likeness (QED) is 0.172. The van der Waals surface area contributed by atoms with Crippen LogP contribution in [0.15, 0.2) is 103 Å². The average Bonchev–Trinajstić information content (AvgIpc) is 3.71. The summed E-state index contributed by atoms with van der Waals surface area (Å²) >= 11 is 4.06. The predicted molar refractivity (Wildman–Crippen MR) is 162 cm³/mol. The van der Waals surface area contributed by atoms with E-state index in [4.69, 9.17) is 4.42 Å². The zero-order valence-corrected chi connectivity index (χ0v) is 23.7. The van der Waals surface area contributed by atoms with Gasteiger partial charge in [-0.1, -0.05) is 24.3 Å². The van der Waals surface area contributed by atoms with Gasteiger partial charge in [-0.2, -0.15) is 0 Å². The highest BCUT2D eigenvalue weighted by atomic mass is 32.2. The van der Waals surface area contributed by atoms with Crippen LogP contribution in [0.4, 0.5) is 11.4 Å². The van der Waals surface area contributed by atoms with Crippen LogP contribution in [0.2, 0.25) is 0 Å². The molecular formula is C30H18N4O4S3. The highest BCUT2D eigenvalue weighted by Crippen LogP contribution is 2.38. The number of hydrogen-bond donors (Lipinski definition) is 1. The van der Waals surface area contributed by atoms with Crippen LogP contribution < -0.4 is 10.2 Å². The molecule has 0 unspecified atom stereocenters. The van der Waals surface area contributed by atoms with Crippen molar-refractivity contribution in [2.24, 2.45) is 4.99 Å². The van der Waals surface area contributed by atoms with E-state index in [-0.39, 0.29) is 17.7 Å². The summed E-state index contributed by atoms with van der Waals surface area (Å²) in [4.78, 5) is 49.1. The number of benzene rings is 3. The Morgan fingerprint density at radius 1 is 0.951 bits per heavy atom. The van der Waals surface area contributed by atoms with Crippen molar-refractivity contribution < 1.29 is 18.8 Å². The average molecular weight is 595 g/mol. The third-order valence-electron chi connectivity index (χ3n) is 6.35. The van der Waals surface area contributed by atoms with Crippen molar-refractivity contribution in [3.05, 3.63) is 106 Å². The summed E-state index contributed by atoms with van der Waals surface area (Å²) in [5.74, 6) is -0.351. The number of thioether (sulfide) groups is 1. The largest absolute Gasteiger partial charge is 0.450 e. The number of anilines is 1. The van der Waals surface area contributed by atoms with E-state index in [2.05, 4.69) is 15.3 Å². The number of furan rings is 1. The second-order valence-electron chi connectivity index (χ2n) is 9.20. The molecule has 0 aliphatic carbocycles. The number of hydrogen-bond acceptors (Lipinski definition) is 9. The van der Waals surface area contributed by atoms with Gasteiger partial charge in [0.2, 0.25) is 0 Å². The smallest absolute Gasteiger partial charge is 0.266 e. The Kier molecular flexibility index (Phi) is 6.34. The Morgan fingerprint density at radius 3 is 2.54 bits per heavy atom. The highest BCUT2D eigenvalue weighted by molar-refractivity contribution is 8.18. The van der Waals surface area contributed by atoms with Gasteiger partial charge in [-0.05, 0) is 90.6 Å². The molecule has 4 heterocycles. The number of nitrogens with one attached hydrogen (secondary N) is 1. The monoisotopic (exact) mass is 594 g/mol. The maximum atomic E-state index is 12.9. The molecule has 5 aromatic rings. The molecule has 0 bridgehead atoms. The minimum absolute atomic E-state index is 0.230. The van der Waals surface area contributed by atoms with E-state index in [0.29, 0.717) is 37.7 Å². The van der Waals surface area contributed by atoms with E-state index in [9.17, 15) is 14.4 Å². The van der Waals surface area contributed by atoms with Gasteiger partial charge in [0.05, 0.1) is 37.6 Å². The first kappa shape index (κ1) is 25.5. The lowest BCUT2D eigenvalue weighted by molar-refractivity contribution is -0.115. The number of thiazole rings is 1. The van der Waals surface area contributed by atoms with Gasteiger partial charge in [-0.3, -0.25) is 14.4 Å². The molecule has 0 radical (unpaired) electrons. The van der Waals surface area contributed by atoms with E-state index in [1.54, 1.807) is 48.5 Å². The van der Waals surface area contributed by atoms with Crippen molar-refractivity contribution in [3.63, 3.8) is 0 Å². The second kappa shape index (κ2) is 10.2. The molecule has 2 aliphatic heterocycles. The third kappa shape index (κ3) is 4.88. The lowest BCUT2D eigenvalue weighted by atomic mass is 10.1. The van der Waals surface area contributed by atoms with E-state index < -0.39 is 0 Å². The summed E-state index contributed by atoms with van der Waals surface area (Å²) in [7, 11) is 0. The molecule has 0 spiro atoms. The van der Waals surface area contributed by atoms with Crippen LogP contribution in [0.25, 0.3) is 16.3 Å². The molecule has 11 heteroatoms. The molecule has 2 aromatic heterocycles. The van der Waals surface area contributed by atoms with Gasteiger partial charge in [-0.25, -0.2) is 14.9 Å². The summed E-state index contributed by atoms with van der Waals surface area (Å²) in [6.45, 7) is 1.99. The molecule has 0 atom stereocenters. The van der Waals surface area contributed by atoms with Crippen LogP contribution in [-0.4, -0.2) is 27.9 Å². The summed E-state index contributed by atoms with van der Waals surface area (Å²) in [5, 5.41) is 3.93. The van der Waals surface area contributed by atoms with Gasteiger partial charge in [0.25, 0.3) is 17.7 Å². The fourth-order valence-electron chi connectivity index (χ4n) is 4.48. The summed E-state index contributed by atoms with van der Waals surface area (Å²) in [6, 6.07) is 23.6. The molecule has 41 heavy (non-hydrogen) atoms. The van der Waals surface area contributed by atoms with Crippen molar-refractivity contribution in [1.29, 1.82) is 0 Å². The van der Waals surface area contributed by atoms with E-state index in [1.807, 2.05) is 43.3 Å². The summed E-state index contributed by atoms with van der Waals surface area (Å²) < 4.78 is 7.54. The lowest BCUT2D eigenvalue weighted by Gasteiger charge is -2.13. The third-order valence-corrected chi connectivity index (χ3v) is 9.26. The molecule has 2 aliphatic rings. The van der Waals surface area contributed by atoms with Crippen LogP contribution in [0, 0.1) is 6.92 Å². The number of amides is 3. The van der Waals surface area contributed by atoms with Gasteiger partial charge in [0, 0.05) is 6.08 Å². The number of nitrogens with zero attached hydrogens (tertiary/aromatic N) is 3. The van der Waals surface area contributed by atoms with Gasteiger partial charge in [0.15, 0.2) is 14.6 Å². The molecule has 1 saturated heterocycles. The molecular weight excluding hydrogens is 577 g/mol. The van der Waals surface area contributed by atoms with Gasteiger partial charge in [-0.15, -0.1) is 11.3 Å². The van der Waals surface area contributed by atoms with Crippen LogP contribution in [0.3, 0.4) is 0 Å². The maximum Gasteiger partial charge on any atom is 0.266 e. The first-order chi connectivity index (χ1) is 19.9. The van der Waals surface area contributed by atoms with Gasteiger partial charge < -0.3 is 9.73 Å². The predicted octanol–water partition coefficient (Wildman–Crippen LogP) is 7.04. The number of fused-ring (bicyclic) bond motifs is 2. The second-order valence-corrected chi connectivity index (χ2v) is 12.5. The Bertz CT molecular complexity index is 1940. The minimum atomic E-state index is -0.330. The molecule has 3 aromatic carbocycles. The van der Waals surface area contributed by atoms with E-state index >= 15 is 0 Å². The standard InChI is InChI=1S/C30H18N4O4S3/c1-16-5-4-6-17(13-16)31-29-33-26(35)24(39-29)15-19-10-12-25(38-19)41-30-32-22-11-9-18(14-23(22)40-30)34-27(36)20-7-2-3-8-21(20)28(34)37/h2-15H,1H3,(H,31,33,35)/b24-15-. The number of carbonyl (C=O) groups is 3. The molecule has 200 valence electrons. The lowest BCUT2D eigenvalue weighted by Crippen LogP contribution is -2.29. The molecule has 8 nitrogen and oxygen atoms in total. The zero-order valence-electron chi connectivity index (χ0n) is 21.3. The number of carbonyl (C=O) groups excluding carboxylic acids is 3. The molecule has 1 fully saturated rings. The zero-order chi connectivity index (χ0) is 28.1. The Labute approximate surface area is 246 Å². The number of amidine groups is 1. The van der Waals surface area contributed by atoms with Crippen molar-refractivity contribution in [2.75, 3.05) is 4.90 Å². The number of imide groups is 1. The number of aliphatic imine (C=N–C) groups is 1. The molecule has 0 saturated carbocycles. The van der Waals surface area contributed by atoms with Crippen LogP contribution in [0.1, 0.15) is 32.0 Å². The number of aromatic nitrogens is 1.